The fourth-order valence-electron chi connectivity index (χ4n) is 1.73. The number of methoxy groups -OCH3 is 2. The van der Waals surface area contributed by atoms with Crippen molar-refractivity contribution in [3.63, 3.8) is 0 Å². The third-order valence-corrected chi connectivity index (χ3v) is 2.77. The van der Waals surface area contributed by atoms with E-state index in [2.05, 4.69) is 17.2 Å². The van der Waals surface area contributed by atoms with Crippen LogP contribution in [0.15, 0.2) is 24.4 Å². The molecule has 0 fully saturated rings. The highest BCUT2D eigenvalue weighted by Crippen LogP contribution is 2.25. The van der Waals surface area contributed by atoms with Crippen LogP contribution in [0.4, 0.5) is 0 Å². The molecule has 0 aliphatic rings. The zero-order valence-corrected chi connectivity index (χ0v) is 10.9. The molecule has 0 N–H and O–H groups in total. The van der Waals surface area contributed by atoms with Crippen molar-refractivity contribution in [1.82, 2.24) is 15.0 Å². The summed E-state index contributed by atoms with van der Waals surface area (Å²) in [7, 11) is 3.29. The number of rotatable bonds is 5. The van der Waals surface area contributed by atoms with Crippen molar-refractivity contribution in [3.05, 3.63) is 35.7 Å². The quantitative estimate of drug-likeness (QED) is 0.809. The zero-order valence-electron chi connectivity index (χ0n) is 10.9. The summed E-state index contributed by atoms with van der Waals surface area (Å²) in [6.45, 7) is 2.70. The van der Waals surface area contributed by atoms with Gasteiger partial charge in [0.05, 0.1) is 26.5 Å². The third kappa shape index (κ3) is 2.61. The second kappa shape index (κ2) is 5.53. The second-order valence-corrected chi connectivity index (χ2v) is 3.94. The molecule has 2 rings (SSSR count). The standard InChI is InChI=1S/C13H17N3O2/c1-4-11-9-16(15-14-11)8-10-5-6-12(17-2)7-13(10)18-3/h5-7,9H,4,8H2,1-3H3. The monoisotopic (exact) mass is 247 g/mol. The lowest BCUT2D eigenvalue weighted by Gasteiger charge is -2.09. The van der Waals surface area contributed by atoms with Crippen molar-refractivity contribution in [2.45, 2.75) is 19.9 Å². The van der Waals surface area contributed by atoms with Gasteiger partial charge in [-0.15, -0.1) is 5.10 Å². The Kier molecular flexibility index (Phi) is 3.82. The van der Waals surface area contributed by atoms with Crippen LogP contribution in [0.5, 0.6) is 11.5 Å². The van der Waals surface area contributed by atoms with Gasteiger partial charge in [0.1, 0.15) is 11.5 Å². The average Bonchev–Trinajstić information content (AvgIpc) is 2.87. The number of ether oxygens (including phenoxy) is 2. The van der Waals surface area contributed by atoms with Gasteiger partial charge in [-0.25, -0.2) is 4.68 Å². The van der Waals surface area contributed by atoms with Gasteiger partial charge in [-0.3, -0.25) is 0 Å². The van der Waals surface area contributed by atoms with Gasteiger partial charge < -0.3 is 9.47 Å². The number of nitrogens with zero attached hydrogens (tertiary/aromatic N) is 3. The molecule has 96 valence electrons. The van der Waals surface area contributed by atoms with Crippen molar-refractivity contribution in [3.8, 4) is 11.5 Å². The lowest BCUT2D eigenvalue weighted by molar-refractivity contribution is 0.389. The first-order valence-electron chi connectivity index (χ1n) is 5.86. The van der Waals surface area contributed by atoms with Crippen LogP contribution in [0.1, 0.15) is 18.2 Å². The van der Waals surface area contributed by atoms with Crippen LogP contribution in [0, 0.1) is 0 Å². The number of hydrogen-bond donors (Lipinski definition) is 0. The number of hydrogen-bond acceptors (Lipinski definition) is 4. The summed E-state index contributed by atoms with van der Waals surface area (Å²) in [6.07, 6.45) is 2.84. The molecule has 0 unspecified atom stereocenters. The Morgan fingerprint density at radius 3 is 2.67 bits per heavy atom. The molecule has 5 heteroatoms. The molecule has 2 aromatic rings. The van der Waals surface area contributed by atoms with E-state index in [4.69, 9.17) is 9.47 Å². The van der Waals surface area contributed by atoms with E-state index in [-0.39, 0.29) is 0 Å². The van der Waals surface area contributed by atoms with Crippen molar-refractivity contribution in [2.24, 2.45) is 0 Å². The SMILES string of the molecule is CCc1cn(Cc2ccc(OC)cc2OC)nn1. The normalized spacial score (nSPS) is 10.4. The first-order chi connectivity index (χ1) is 8.76. The smallest absolute Gasteiger partial charge is 0.127 e. The third-order valence-electron chi connectivity index (χ3n) is 2.77. The summed E-state index contributed by atoms with van der Waals surface area (Å²) in [6, 6.07) is 5.76. The van der Waals surface area contributed by atoms with Gasteiger partial charge >= 0.3 is 0 Å². The van der Waals surface area contributed by atoms with Gasteiger partial charge in [0, 0.05) is 17.8 Å². The predicted molar refractivity (Wildman–Crippen MR) is 68.0 cm³/mol. The Morgan fingerprint density at radius 2 is 2.06 bits per heavy atom. The van der Waals surface area contributed by atoms with Crippen LogP contribution < -0.4 is 9.47 Å². The Hall–Kier alpha value is -2.04. The first-order valence-corrected chi connectivity index (χ1v) is 5.86. The maximum Gasteiger partial charge on any atom is 0.127 e. The second-order valence-electron chi connectivity index (χ2n) is 3.94. The minimum Gasteiger partial charge on any atom is -0.497 e. The lowest BCUT2D eigenvalue weighted by Crippen LogP contribution is -2.03. The van der Waals surface area contributed by atoms with Gasteiger partial charge in [-0.05, 0) is 18.6 Å². The van der Waals surface area contributed by atoms with Crippen LogP contribution >= 0.6 is 0 Å². The van der Waals surface area contributed by atoms with E-state index in [1.54, 1.807) is 14.2 Å². The van der Waals surface area contributed by atoms with Crippen LogP contribution in [0.25, 0.3) is 0 Å². The summed E-state index contributed by atoms with van der Waals surface area (Å²) < 4.78 is 12.3. The fraction of sp³-hybridized carbons (Fsp3) is 0.385. The van der Waals surface area contributed by atoms with E-state index >= 15 is 0 Å². The summed E-state index contributed by atoms with van der Waals surface area (Å²) in [4.78, 5) is 0. The number of aryl methyl sites for hydroxylation is 1. The van der Waals surface area contributed by atoms with E-state index in [1.807, 2.05) is 29.1 Å². The molecule has 1 heterocycles. The molecule has 0 bridgehead atoms. The Morgan fingerprint density at radius 1 is 1.22 bits per heavy atom. The van der Waals surface area contributed by atoms with Crippen molar-refractivity contribution in [2.75, 3.05) is 14.2 Å². The summed E-state index contributed by atoms with van der Waals surface area (Å²) in [5.74, 6) is 1.58. The molecule has 0 radical (unpaired) electrons. The average molecular weight is 247 g/mol. The number of aromatic nitrogens is 3. The topological polar surface area (TPSA) is 49.2 Å². The predicted octanol–water partition coefficient (Wildman–Crippen LogP) is 1.91. The summed E-state index contributed by atoms with van der Waals surface area (Å²) >= 11 is 0. The lowest BCUT2D eigenvalue weighted by atomic mass is 10.2. The van der Waals surface area contributed by atoms with Gasteiger partial charge in [-0.1, -0.05) is 12.1 Å². The van der Waals surface area contributed by atoms with E-state index in [1.165, 1.54) is 0 Å². The van der Waals surface area contributed by atoms with E-state index in [9.17, 15) is 0 Å². The van der Waals surface area contributed by atoms with E-state index in [0.717, 1.165) is 29.2 Å². The van der Waals surface area contributed by atoms with Crippen molar-refractivity contribution >= 4 is 0 Å². The fourth-order valence-corrected chi connectivity index (χ4v) is 1.73. The summed E-state index contributed by atoms with van der Waals surface area (Å²) in [5.41, 5.74) is 2.04. The van der Waals surface area contributed by atoms with Gasteiger partial charge in [0.25, 0.3) is 0 Å². The minimum atomic E-state index is 0.639. The van der Waals surface area contributed by atoms with Crippen molar-refractivity contribution in [1.29, 1.82) is 0 Å². The van der Waals surface area contributed by atoms with Gasteiger partial charge in [0.2, 0.25) is 0 Å². The molecule has 5 nitrogen and oxygen atoms in total. The van der Waals surface area contributed by atoms with Crippen LogP contribution in [0.3, 0.4) is 0 Å². The largest absolute Gasteiger partial charge is 0.497 e. The molecule has 1 aromatic carbocycles. The molecule has 0 saturated heterocycles. The van der Waals surface area contributed by atoms with Crippen LogP contribution in [-0.4, -0.2) is 29.2 Å². The molecule has 0 aliphatic heterocycles. The molecule has 18 heavy (non-hydrogen) atoms. The summed E-state index contributed by atoms with van der Waals surface area (Å²) in [5, 5.41) is 8.15. The van der Waals surface area contributed by atoms with E-state index in [0.29, 0.717) is 6.54 Å². The molecule has 1 aromatic heterocycles. The molecule has 0 saturated carbocycles. The Bertz CT molecular complexity index is 523. The maximum atomic E-state index is 5.35. The highest BCUT2D eigenvalue weighted by Gasteiger charge is 2.07. The van der Waals surface area contributed by atoms with Gasteiger partial charge in [0.15, 0.2) is 0 Å². The Balaban J connectivity index is 2.22. The molecule has 0 amide bonds. The Labute approximate surface area is 106 Å². The maximum absolute atomic E-state index is 5.35. The first kappa shape index (κ1) is 12.4. The molecule has 0 spiro atoms. The van der Waals surface area contributed by atoms with Crippen LogP contribution in [0.2, 0.25) is 0 Å². The molecule has 0 atom stereocenters. The highest BCUT2D eigenvalue weighted by atomic mass is 16.5. The molecular weight excluding hydrogens is 230 g/mol. The van der Waals surface area contributed by atoms with Gasteiger partial charge in [-0.2, -0.15) is 0 Å². The van der Waals surface area contributed by atoms with Crippen molar-refractivity contribution < 1.29 is 9.47 Å². The minimum absolute atomic E-state index is 0.639. The zero-order chi connectivity index (χ0) is 13.0. The van der Waals surface area contributed by atoms with Crippen LogP contribution in [-0.2, 0) is 13.0 Å². The van der Waals surface area contributed by atoms with E-state index < -0.39 is 0 Å². The number of benzene rings is 1. The molecular formula is C13H17N3O2. The highest BCUT2D eigenvalue weighted by molar-refractivity contribution is 5.40. The molecule has 0 aliphatic carbocycles.